The number of ether oxygens (including phenoxy) is 1. The highest BCUT2D eigenvalue weighted by Gasteiger charge is 2.22. The third-order valence-corrected chi connectivity index (χ3v) is 3.86. The summed E-state index contributed by atoms with van der Waals surface area (Å²) < 4.78 is 6.98. The van der Waals surface area contributed by atoms with Crippen LogP contribution in [0.4, 0.5) is 11.4 Å². The number of carbonyl (C=O) groups excluding carboxylic acids is 1. The van der Waals surface area contributed by atoms with Crippen molar-refractivity contribution in [2.75, 3.05) is 30.4 Å². The molecule has 2 aromatic rings. The first-order valence-corrected chi connectivity index (χ1v) is 7.39. The third kappa shape index (κ3) is 3.46. The van der Waals surface area contributed by atoms with Gasteiger partial charge in [0, 0.05) is 44.0 Å². The van der Waals surface area contributed by atoms with Gasteiger partial charge in [0.05, 0.1) is 6.10 Å². The number of methoxy groups -OCH3 is 1. The molecular formula is C16H20N4O2. The highest BCUT2D eigenvalue weighted by Crippen LogP contribution is 2.23. The summed E-state index contributed by atoms with van der Waals surface area (Å²) in [5.74, 6) is -0.0860. The van der Waals surface area contributed by atoms with Crippen LogP contribution in [0.25, 0.3) is 0 Å². The average molecular weight is 300 g/mol. The predicted molar refractivity (Wildman–Crippen MR) is 84.9 cm³/mol. The molecule has 1 amide bonds. The molecule has 1 aliphatic rings. The first-order chi connectivity index (χ1) is 10.7. The molecule has 0 spiro atoms. The molecule has 1 fully saturated rings. The number of anilines is 2. The van der Waals surface area contributed by atoms with E-state index in [9.17, 15) is 4.79 Å². The Labute approximate surface area is 129 Å². The summed E-state index contributed by atoms with van der Waals surface area (Å²) >= 11 is 0. The van der Waals surface area contributed by atoms with E-state index in [1.807, 2.05) is 24.3 Å². The number of nitrogens with zero attached hydrogens (tertiary/aromatic N) is 3. The molecule has 0 radical (unpaired) electrons. The standard InChI is InChI=1S/C16H20N4O2/c1-22-15-7-10-19(11-15)14-5-3-13(4-6-14)18-16(21)12-20-9-2-8-17-20/h2-6,8-9,15H,7,10-12H2,1H3,(H,18,21)/t15-/m0/s1. The van der Waals surface area contributed by atoms with Crippen molar-refractivity contribution >= 4 is 17.3 Å². The van der Waals surface area contributed by atoms with E-state index in [4.69, 9.17) is 4.74 Å². The minimum Gasteiger partial charge on any atom is -0.380 e. The van der Waals surface area contributed by atoms with Crippen LogP contribution in [0.2, 0.25) is 0 Å². The van der Waals surface area contributed by atoms with Gasteiger partial charge in [0.25, 0.3) is 0 Å². The van der Waals surface area contributed by atoms with Crippen LogP contribution in [0.3, 0.4) is 0 Å². The van der Waals surface area contributed by atoms with Crippen molar-refractivity contribution in [3.63, 3.8) is 0 Å². The van der Waals surface area contributed by atoms with E-state index in [2.05, 4.69) is 15.3 Å². The summed E-state index contributed by atoms with van der Waals surface area (Å²) in [6, 6.07) is 9.71. The quantitative estimate of drug-likeness (QED) is 0.914. The van der Waals surface area contributed by atoms with E-state index in [-0.39, 0.29) is 12.5 Å². The molecule has 1 saturated heterocycles. The molecule has 0 unspecified atom stereocenters. The van der Waals surface area contributed by atoms with Crippen LogP contribution in [0.15, 0.2) is 42.7 Å². The van der Waals surface area contributed by atoms with Crippen LogP contribution in [0.1, 0.15) is 6.42 Å². The monoisotopic (exact) mass is 300 g/mol. The number of hydrogen-bond donors (Lipinski definition) is 1. The Morgan fingerprint density at radius 2 is 2.23 bits per heavy atom. The molecule has 0 saturated carbocycles. The fraction of sp³-hybridized carbons (Fsp3) is 0.375. The number of carbonyl (C=O) groups is 1. The van der Waals surface area contributed by atoms with Gasteiger partial charge in [-0.3, -0.25) is 9.48 Å². The summed E-state index contributed by atoms with van der Waals surface area (Å²) in [4.78, 5) is 14.2. The van der Waals surface area contributed by atoms with Crippen molar-refractivity contribution in [3.8, 4) is 0 Å². The highest BCUT2D eigenvalue weighted by molar-refractivity contribution is 5.90. The van der Waals surface area contributed by atoms with Gasteiger partial charge in [0.1, 0.15) is 6.54 Å². The van der Waals surface area contributed by atoms with Gasteiger partial charge >= 0.3 is 0 Å². The van der Waals surface area contributed by atoms with Gasteiger partial charge in [-0.1, -0.05) is 0 Å². The first kappa shape index (κ1) is 14.6. The maximum Gasteiger partial charge on any atom is 0.246 e. The molecule has 1 atom stereocenters. The van der Waals surface area contributed by atoms with E-state index >= 15 is 0 Å². The SMILES string of the molecule is CO[C@H]1CCN(c2ccc(NC(=O)Cn3cccn3)cc2)C1. The summed E-state index contributed by atoms with van der Waals surface area (Å²) in [5.41, 5.74) is 1.95. The molecule has 22 heavy (non-hydrogen) atoms. The largest absolute Gasteiger partial charge is 0.380 e. The molecule has 0 aliphatic carbocycles. The van der Waals surface area contributed by atoms with Crippen LogP contribution in [-0.2, 0) is 16.1 Å². The molecular weight excluding hydrogens is 280 g/mol. The minimum absolute atomic E-state index is 0.0860. The Balaban J connectivity index is 1.56. The minimum atomic E-state index is -0.0860. The van der Waals surface area contributed by atoms with Crippen molar-refractivity contribution in [1.82, 2.24) is 9.78 Å². The van der Waals surface area contributed by atoms with Crippen molar-refractivity contribution in [2.45, 2.75) is 19.1 Å². The molecule has 6 heteroatoms. The second-order valence-electron chi connectivity index (χ2n) is 5.39. The van der Waals surface area contributed by atoms with Gasteiger partial charge in [-0.2, -0.15) is 5.10 Å². The van der Waals surface area contributed by atoms with E-state index in [0.29, 0.717) is 6.10 Å². The lowest BCUT2D eigenvalue weighted by Gasteiger charge is -2.18. The topological polar surface area (TPSA) is 59.4 Å². The molecule has 1 aromatic heterocycles. The number of amides is 1. The molecule has 3 rings (SSSR count). The van der Waals surface area contributed by atoms with Crippen molar-refractivity contribution < 1.29 is 9.53 Å². The third-order valence-electron chi connectivity index (χ3n) is 3.86. The Morgan fingerprint density at radius 1 is 1.41 bits per heavy atom. The van der Waals surface area contributed by atoms with E-state index in [1.54, 1.807) is 30.3 Å². The van der Waals surface area contributed by atoms with Crippen LogP contribution in [0.5, 0.6) is 0 Å². The van der Waals surface area contributed by atoms with E-state index in [1.165, 1.54) is 0 Å². The maximum absolute atomic E-state index is 11.9. The lowest BCUT2D eigenvalue weighted by Crippen LogP contribution is -2.22. The zero-order chi connectivity index (χ0) is 15.4. The Kier molecular flexibility index (Phi) is 4.39. The second-order valence-corrected chi connectivity index (χ2v) is 5.39. The summed E-state index contributed by atoms with van der Waals surface area (Å²) in [5, 5.41) is 6.89. The summed E-state index contributed by atoms with van der Waals surface area (Å²) in [6.45, 7) is 2.14. The van der Waals surface area contributed by atoms with Gasteiger partial charge < -0.3 is 15.0 Å². The Hall–Kier alpha value is -2.34. The number of aromatic nitrogens is 2. The van der Waals surface area contributed by atoms with E-state index in [0.717, 1.165) is 30.9 Å². The smallest absolute Gasteiger partial charge is 0.246 e. The van der Waals surface area contributed by atoms with Crippen LogP contribution in [-0.4, -0.2) is 42.0 Å². The average Bonchev–Trinajstić information content (AvgIpc) is 3.19. The number of hydrogen-bond acceptors (Lipinski definition) is 4. The summed E-state index contributed by atoms with van der Waals surface area (Å²) in [6.07, 6.45) is 4.79. The second kappa shape index (κ2) is 6.62. The molecule has 1 N–H and O–H groups in total. The van der Waals surface area contributed by atoms with Crippen molar-refractivity contribution in [2.24, 2.45) is 0 Å². The van der Waals surface area contributed by atoms with Gasteiger partial charge in [0.2, 0.25) is 5.91 Å². The highest BCUT2D eigenvalue weighted by atomic mass is 16.5. The molecule has 6 nitrogen and oxygen atoms in total. The van der Waals surface area contributed by atoms with Crippen molar-refractivity contribution in [1.29, 1.82) is 0 Å². The Bertz CT molecular complexity index is 610. The van der Waals surface area contributed by atoms with Gasteiger partial charge in [-0.15, -0.1) is 0 Å². The predicted octanol–water partition coefficient (Wildman–Crippen LogP) is 1.75. The van der Waals surface area contributed by atoms with E-state index < -0.39 is 0 Å². The number of nitrogens with one attached hydrogen (secondary N) is 1. The molecule has 116 valence electrons. The van der Waals surface area contributed by atoms with Crippen LogP contribution in [0, 0.1) is 0 Å². The molecule has 1 aromatic carbocycles. The molecule has 2 heterocycles. The van der Waals surface area contributed by atoms with Crippen molar-refractivity contribution in [3.05, 3.63) is 42.7 Å². The van der Waals surface area contributed by atoms with Gasteiger partial charge in [-0.05, 0) is 36.8 Å². The van der Waals surface area contributed by atoms with Gasteiger partial charge in [0.15, 0.2) is 0 Å². The fourth-order valence-electron chi connectivity index (χ4n) is 2.65. The normalized spacial score (nSPS) is 17.7. The number of benzene rings is 1. The first-order valence-electron chi connectivity index (χ1n) is 7.39. The van der Waals surface area contributed by atoms with Gasteiger partial charge in [-0.25, -0.2) is 0 Å². The molecule has 1 aliphatic heterocycles. The summed E-state index contributed by atoms with van der Waals surface area (Å²) in [7, 11) is 1.76. The lowest BCUT2D eigenvalue weighted by molar-refractivity contribution is -0.116. The fourth-order valence-corrected chi connectivity index (χ4v) is 2.65. The maximum atomic E-state index is 11.9. The molecule has 0 bridgehead atoms. The van der Waals surface area contributed by atoms with Crippen LogP contribution < -0.4 is 10.2 Å². The Morgan fingerprint density at radius 3 is 2.86 bits per heavy atom. The zero-order valence-electron chi connectivity index (χ0n) is 12.6. The van der Waals surface area contributed by atoms with Crippen LogP contribution >= 0.6 is 0 Å². The zero-order valence-corrected chi connectivity index (χ0v) is 12.6. The lowest BCUT2D eigenvalue weighted by atomic mass is 10.2. The number of rotatable bonds is 5.